The lowest BCUT2D eigenvalue weighted by Gasteiger charge is -1.91. The van der Waals surface area contributed by atoms with E-state index in [0.717, 1.165) is 16.3 Å². The van der Waals surface area contributed by atoms with Crippen LogP contribution in [0.1, 0.15) is 33.9 Å². The molecule has 0 saturated heterocycles. The van der Waals surface area contributed by atoms with Gasteiger partial charge in [-0.3, -0.25) is 4.79 Å². The van der Waals surface area contributed by atoms with Crippen molar-refractivity contribution in [1.82, 2.24) is 4.98 Å². The van der Waals surface area contributed by atoms with Crippen molar-refractivity contribution < 1.29 is 4.79 Å². The summed E-state index contributed by atoms with van der Waals surface area (Å²) in [4.78, 5) is 16.4. The molecule has 0 N–H and O–H groups in total. The number of aromatic nitrogens is 1. The van der Waals surface area contributed by atoms with Crippen LogP contribution in [-0.4, -0.2) is 10.8 Å². The lowest BCUT2D eigenvalue weighted by atomic mass is 10.2. The highest BCUT2D eigenvalue weighted by Gasteiger charge is 2.25. The van der Waals surface area contributed by atoms with Crippen LogP contribution in [0.2, 0.25) is 0 Å². The zero-order valence-corrected chi connectivity index (χ0v) is 7.86. The molecular formula is C9H11NOS. The van der Waals surface area contributed by atoms with Gasteiger partial charge in [0.2, 0.25) is 0 Å². The molecule has 1 saturated carbocycles. The van der Waals surface area contributed by atoms with Crippen LogP contribution in [0.15, 0.2) is 6.20 Å². The van der Waals surface area contributed by atoms with E-state index in [2.05, 4.69) is 4.98 Å². The van der Waals surface area contributed by atoms with Crippen molar-refractivity contribution in [3.8, 4) is 0 Å². The van der Waals surface area contributed by atoms with Crippen molar-refractivity contribution >= 4 is 17.1 Å². The third kappa shape index (κ3) is 1.72. The molecule has 1 aromatic heterocycles. The first kappa shape index (κ1) is 7.92. The van der Waals surface area contributed by atoms with Gasteiger partial charge in [0, 0.05) is 12.6 Å². The van der Waals surface area contributed by atoms with Crippen LogP contribution in [-0.2, 0) is 0 Å². The lowest BCUT2D eigenvalue weighted by molar-refractivity contribution is 0.0980. The molecule has 1 aromatic rings. The van der Waals surface area contributed by atoms with Gasteiger partial charge < -0.3 is 0 Å². The Hall–Kier alpha value is -0.700. The van der Waals surface area contributed by atoms with Gasteiger partial charge in [-0.25, -0.2) is 4.98 Å². The largest absolute Gasteiger partial charge is 0.293 e. The van der Waals surface area contributed by atoms with Crippen LogP contribution in [0.25, 0.3) is 0 Å². The normalized spacial score (nSPS) is 16.4. The van der Waals surface area contributed by atoms with E-state index in [1.165, 1.54) is 24.2 Å². The summed E-state index contributed by atoms with van der Waals surface area (Å²) in [6.07, 6.45) is 4.92. The maximum atomic E-state index is 11.5. The number of thiazole rings is 1. The van der Waals surface area contributed by atoms with E-state index in [1.54, 1.807) is 6.20 Å². The van der Waals surface area contributed by atoms with Crippen LogP contribution < -0.4 is 0 Å². The quantitative estimate of drug-likeness (QED) is 0.670. The summed E-state index contributed by atoms with van der Waals surface area (Å²) < 4.78 is 0. The SMILES string of the molecule is Cc1ncc(C(=O)CC2CC2)s1. The highest BCUT2D eigenvalue weighted by atomic mass is 32.1. The van der Waals surface area contributed by atoms with E-state index in [-0.39, 0.29) is 5.78 Å². The molecule has 0 radical (unpaired) electrons. The van der Waals surface area contributed by atoms with Gasteiger partial charge in [-0.15, -0.1) is 11.3 Å². The number of hydrogen-bond acceptors (Lipinski definition) is 3. The minimum Gasteiger partial charge on any atom is -0.293 e. The van der Waals surface area contributed by atoms with Crippen molar-refractivity contribution in [2.45, 2.75) is 26.2 Å². The smallest absolute Gasteiger partial charge is 0.174 e. The maximum Gasteiger partial charge on any atom is 0.174 e. The molecule has 2 rings (SSSR count). The summed E-state index contributed by atoms with van der Waals surface area (Å²) in [5.74, 6) is 0.961. The molecule has 0 aliphatic heterocycles. The Morgan fingerprint density at radius 2 is 2.50 bits per heavy atom. The molecule has 0 amide bonds. The van der Waals surface area contributed by atoms with Crippen molar-refractivity contribution in [3.05, 3.63) is 16.1 Å². The third-order valence-corrected chi connectivity index (χ3v) is 3.02. The molecule has 1 aliphatic carbocycles. The monoisotopic (exact) mass is 181 g/mol. The fourth-order valence-corrected chi connectivity index (χ4v) is 1.90. The van der Waals surface area contributed by atoms with Crippen LogP contribution in [0.3, 0.4) is 0 Å². The highest BCUT2D eigenvalue weighted by molar-refractivity contribution is 7.13. The number of nitrogens with zero attached hydrogens (tertiary/aromatic N) is 1. The second-order valence-corrected chi connectivity index (χ2v) is 4.55. The number of rotatable bonds is 3. The summed E-state index contributed by atoms with van der Waals surface area (Å²) in [5, 5.41) is 0.981. The number of hydrogen-bond donors (Lipinski definition) is 0. The number of carbonyl (C=O) groups is 1. The minimum atomic E-state index is 0.281. The lowest BCUT2D eigenvalue weighted by Crippen LogP contribution is -1.96. The zero-order chi connectivity index (χ0) is 8.55. The van der Waals surface area contributed by atoms with E-state index in [1.807, 2.05) is 6.92 Å². The number of Topliss-reactive ketones (excluding diaryl/α,β-unsaturated/α-hetero) is 1. The molecule has 1 heterocycles. The molecule has 64 valence electrons. The van der Waals surface area contributed by atoms with Crippen molar-refractivity contribution in [3.63, 3.8) is 0 Å². The van der Waals surface area contributed by atoms with Gasteiger partial charge in [0.25, 0.3) is 0 Å². The average Bonchev–Trinajstić information content (AvgIpc) is 2.72. The summed E-state index contributed by atoms with van der Waals surface area (Å²) in [6.45, 7) is 1.93. The first-order valence-corrected chi connectivity index (χ1v) is 5.03. The molecule has 0 spiro atoms. The molecule has 2 nitrogen and oxygen atoms in total. The maximum absolute atomic E-state index is 11.5. The molecule has 0 atom stereocenters. The fraction of sp³-hybridized carbons (Fsp3) is 0.556. The number of ketones is 1. The van der Waals surface area contributed by atoms with E-state index >= 15 is 0 Å². The summed E-state index contributed by atoms with van der Waals surface area (Å²) in [7, 11) is 0. The van der Waals surface area contributed by atoms with E-state index in [9.17, 15) is 4.79 Å². The first-order chi connectivity index (χ1) is 5.75. The van der Waals surface area contributed by atoms with Gasteiger partial charge >= 0.3 is 0 Å². The summed E-state index contributed by atoms with van der Waals surface area (Å²) >= 11 is 1.50. The van der Waals surface area contributed by atoms with Crippen molar-refractivity contribution in [1.29, 1.82) is 0 Å². The van der Waals surface area contributed by atoms with Gasteiger partial charge in [0.05, 0.1) is 9.88 Å². The van der Waals surface area contributed by atoms with Crippen molar-refractivity contribution in [2.24, 2.45) is 5.92 Å². The fourth-order valence-electron chi connectivity index (χ4n) is 1.18. The van der Waals surface area contributed by atoms with Gasteiger partial charge in [0.1, 0.15) is 0 Å². The molecule has 0 unspecified atom stereocenters. The van der Waals surface area contributed by atoms with E-state index in [4.69, 9.17) is 0 Å². The topological polar surface area (TPSA) is 30.0 Å². The number of carbonyl (C=O) groups excluding carboxylic acids is 1. The Bertz CT molecular complexity index is 301. The second kappa shape index (κ2) is 2.98. The zero-order valence-electron chi connectivity index (χ0n) is 7.04. The molecule has 0 bridgehead atoms. The first-order valence-electron chi connectivity index (χ1n) is 4.21. The average molecular weight is 181 g/mol. The van der Waals surface area contributed by atoms with Crippen molar-refractivity contribution in [2.75, 3.05) is 0 Å². The standard InChI is InChI=1S/C9H11NOS/c1-6-10-5-9(12-6)8(11)4-7-2-3-7/h5,7H,2-4H2,1H3. The van der Waals surface area contributed by atoms with Crippen LogP contribution in [0.4, 0.5) is 0 Å². The molecule has 1 fully saturated rings. The predicted octanol–water partition coefficient (Wildman–Crippen LogP) is 2.43. The number of aryl methyl sites for hydroxylation is 1. The summed E-state index contributed by atoms with van der Waals surface area (Å²) in [6, 6.07) is 0. The Kier molecular flexibility index (Phi) is 1.97. The molecule has 3 heteroatoms. The van der Waals surface area contributed by atoms with Gasteiger partial charge in [-0.05, 0) is 25.7 Å². The Balaban J connectivity index is 2.03. The van der Waals surface area contributed by atoms with Crippen LogP contribution in [0, 0.1) is 12.8 Å². The van der Waals surface area contributed by atoms with Crippen LogP contribution >= 0.6 is 11.3 Å². The van der Waals surface area contributed by atoms with Crippen LogP contribution in [0.5, 0.6) is 0 Å². The van der Waals surface area contributed by atoms with E-state index in [0.29, 0.717) is 5.92 Å². The molecule has 12 heavy (non-hydrogen) atoms. The molecular weight excluding hydrogens is 170 g/mol. The predicted molar refractivity (Wildman–Crippen MR) is 48.5 cm³/mol. The Labute approximate surface area is 75.6 Å². The second-order valence-electron chi connectivity index (χ2n) is 3.31. The Morgan fingerprint density at radius 3 is 3.00 bits per heavy atom. The van der Waals surface area contributed by atoms with Gasteiger partial charge in [-0.1, -0.05) is 0 Å². The summed E-state index contributed by atoms with van der Waals surface area (Å²) in [5.41, 5.74) is 0. The van der Waals surface area contributed by atoms with Gasteiger partial charge in [0.15, 0.2) is 5.78 Å². The third-order valence-electron chi connectivity index (χ3n) is 2.07. The van der Waals surface area contributed by atoms with E-state index < -0.39 is 0 Å². The minimum absolute atomic E-state index is 0.281. The Morgan fingerprint density at radius 1 is 1.75 bits per heavy atom. The highest BCUT2D eigenvalue weighted by Crippen LogP contribution is 2.34. The van der Waals surface area contributed by atoms with Gasteiger partial charge in [-0.2, -0.15) is 0 Å². The molecule has 1 aliphatic rings. The molecule has 0 aromatic carbocycles.